The molecule has 0 radical (unpaired) electrons. The summed E-state index contributed by atoms with van der Waals surface area (Å²) in [6, 6.07) is 14.4. The van der Waals surface area contributed by atoms with Crippen molar-refractivity contribution in [3.8, 4) is 0 Å². The van der Waals surface area contributed by atoms with Crippen LogP contribution in [0.5, 0.6) is 0 Å². The molecule has 3 aromatic rings. The van der Waals surface area contributed by atoms with Gasteiger partial charge in [-0.3, -0.25) is 0 Å². The minimum Gasteiger partial charge on any atom is -0.463 e. The van der Waals surface area contributed by atoms with E-state index in [1.807, 2.05) is 12.1 Å². The van der Waals surface area contributed by atoms with Crippen LogP contribution >= 0.6 is 23.2 Å². The van der Waals surface area contributed by atoms with Crippen LogP contribution in [0, 0.1) is 0 Å². The van der Waals surface area contributed by atoms with Crippen molar-refractivity contribution in [1.82, 2.24) is 14.9 Å². The fourth-order valence-electron chi connectivity index (χ4n) is 3.77. The highest BCUT2D eigenvalue weighted by molar-refractivity contribution is 6.18. The molecule has 2 aromatic carbocycles. The van der Waals surface area contributed by atoms with Crippen LogP contribution in [0.1, 0.15) is 23.9 Å². The Kier molecular flexibility index (Phi) is 10.3. The van der Waals surface area contributed by atoms with Gasteiger partial charge in [-0.15, -0.1) is 23.2 Å². The van der Waals surface area contributed by atoms with Gasteiger partial charge in [0.1, 0.15) is 5.82 Å². The number of anilines is 1. The smallest absolute Gasteiger partial charge is 0.330 e. The molecule has 182 valence electrons. The largest absolute Gasteiger partial charge is 0.463 e. The standard InChI is InChI=1S/C26H32Cl2N4O2/c1-3-34-26(33)11-8-20-4-6-21(7-5-20)19-29-15-12-25-30-23-18-22(9-10-24(23)31(25)2)32(16-13-27)17-14-28/h4-11,18,29H,3,12-17,19H2,1-2H3. The number of ether oxygens (including phenoxy) is 1. The predicted molar refractivity (Wildman–Crippen MR) is 142 cm³/mol. The van der Waals surface area contributed by atoms with E-state index >= 15 is 0 Å². The second-order valence-electron chi connectivity index (χ2n) is 7.88. The highest BCUT2D eigenvalue weighted by atomic mass is 35.5. The van der Waals surface area contributed by atoms with Crippen LogP contribution in [-0.4, -0.2) is 53.5 Å². The molecular weight excluding hydrogens is 471 g/mol. The molecule has 0 unspecified atom stereocenters. The molecule has 0 saturated heterocycles. The quantitative estimate of drug-likeness (QED) is 0.158. The van der Waals surface area contributed by atoms with Crippen LogP contribution in [0.4, 0.5) is 5.69 Å². The molecule has 0 bridgehead atoms. The number of hydrogen-bond donors (Lipinski definition) is 1. The zero-order valence-corrected chi connectivity index (χ0v) is 21.3. The third-order valence-electron chi connectivity index (χ3n) is 5.56. The van der Waals surface area contributed by atoms with Gasteiger partial charge in [-0.05, 0) is 42.3 Å². The number of nitrogens with one attached hydrogen (secondary N) is 1. The fraction of sp³-hybridized carbons (Fsp3) is 0.385. The molecule has 8 heteroatoms. The van der Waals surface area contributed by atoms with Gasteiger partial charge in [-0.2, -0.15) is 0 Å². The second kappa shape index (κ2) is 13.4. The van der Waals surface area contributed by atoms with Crippen LogP contribution < -0.4 is 10.2 Å². The van der Waals surface area contributed by atoms with Crippen molar-refractivity contribution in [2.24, 2.45) is 7.05 Å². The minimum atomic E-state index is -0.325. The van der Waals surface area contributed by atoms with Crippen molar-refractivity contribution in [2.75, 3.05) is 42.9 Å². The average molecular weight is 503 g/mol. The van der Waals surface area contributed by atoms with E-state index in [4.69, 9.17) is 32.9 Å². The number of fused-ring (bicyclic) bond motifs is 1. The number of esters is 1. The number of carbonyl (C=O) groups is 1. The highest BCUT2D eigenvalue weighted by Gasteiger charge is 2.11. The third kappa shape index (κ3) is 7.23. The topological polar surface area (TPSA) is 59.4 Å². The molecule has 0 atom stereocenters. The summed E-state index contributed by atoms with van der Waals surface area (Å²) < 4.78 is 7.05. The van der Waals surface area contributed by atoms with E-state index in [9.17, 15) is 4.79 Å². The molecule has 0 saturated carbocycles. The molecule has 0 amide bonds. The Bertz CT molecular complexity index is 1090. The SMILES string of the molecule is CCOC(=O)C=Cc1ccc(CNCCc2nc3cc(N(CCCl)CCCl)ccc3n2C)cc1. The maximum atomic E-state index is 11.4. The second-order valence-corrected chi connectivity index (χ2v) is 8.63. The molecule has 6 nitrogen and oxygen atoms in total. The summed E-state index contributed by atoms with van der Waals surface area (Å²) in [6.45, 7) is 5.27. The number of aryl methyl sites for hydroxylation is 1. The summed E-state index contributed by atoms with van der Waals surface area (Å²) in [5.74, 6) is 1.83. The number of imidazole rings is 1. The monoisotopic (exact) mass is 502 g/mol. The Morgan fingerprint density at radius 2 is 1.88 bits per heavy atom. The number of alkyl halides is 2. The molecule has 1 aromatic heterocycles. The van der Waals surface area contributed by atoms with Crippen LogP contribution in [0.25, 0.3) is 17.1 Å². The van der Waals surface area contributed by atoms with E-state index in [0.717, 1.165) is 60.7 Å². The first-order valence-corrected chi connectivity index (χ1v) is 12.6. The van der Waals surface area contributed by atoms with Crippen molar-refractivity contribution in [1.29, 1.82) is 0 Å². The Balaban J connectivity index is 1.54. The van der Waals surface area contributed by atoms with Crippen LogP contribution in [-0.2, 0) is 29.5 Å². The number of aromatic nitrogens is 2. The van der Waals surface area contributed by atoms with Crippen molar-refractivity contribution in [3.63, 3.8) is 0 Å². The Morgan fingerprint density at radius 3 is 2.56 bits per heavy atom. The zero-order chi connectivity index (χ0) is 24.3. The first-order chi connectivity index (χ1) is 16.5. The van der Waals surface area contributed by atoms with Gasteiger partial charge in [-0.1, -0.05) is 24.3 Å². The van der Waals surface area contributed by atoms with Crippen LogP contribution in [0.15, 0.2) is 48.5 Å². The molecule has 3 rings (SSSR count). The summed E-state index contributed by atoms with van der Waals surface area (Å²) in [5.41, 5.74) is 5.34. The number of carbonyl (C=O) groups excluding carboxylic acids is 1. The average Bonchev–Trinajstić information content (AvgIpc) is 3.16. The Morgan fingerprint density at radius 1 is 1.15 bits per heavy atom. The molecule has 34 heavy (non-hydrogen) atoms. The lowest BCUT2D eigenvalue weighted by atomic mass is 10.1. The molecule has 0 aliphatic rings. The number of rotatable bonds is 13. The molecule has 1 heterocycles. The van der Waals surface area contributed by atoms with Crippen molar-refractivity contribution in [3.05, 3.63) is 65.5 Å². The summed E-state index contributed by atoms with van der Waals surface area (Å²) in [6.07, 6.45) is 4.04. The summed E-state index contributed by atoms with van der Waals surface area (Å²) in [5, 5.41) is 3.49. The Labute approximate surface area is 211 Å². The summed E-state index contributed by atoms with van der Waals surface area (Å²) in [4.78, 5) is 18.5. The molecule has 0 fully saturated rings. The maximum absolute atomic E-state index is 11.4. The summed E-state index contributed by atoms with van der Waals surface area (Å²) in [7, 11) is 2.06. The van der Waals surface area contributed by atoms with Gasteiger partial charge in [0.05, 0.1) is 17.6 Å². The number of benzene rings is 2. The molecule has 0 spiro atoms. The van der Waals surface area contributed by atoms with Gasteiger partial charge in [0, 0.05) is 63.2 Å². The van der Waals surface area contributed by atoms with Crippen molar-refractivity contribution in [2.45, 2.75) is 19.9 Å². The van der Waals surface area contributed by atoms with Gasteiger partial charge in [-0.25, -0.2) is 9.78 Å². The molecule has 0 aliphatic carbocycles. The lowest BCUT2D eigenvalue weighted by Crippen LogP contribution is -2.27. The first kappa shape index (κ1) is 26.1. The van der Waals surface area contributed by atoms with Gasteiger partial charge < -0.3 is 19.5 Å². The Hall–Kier alpha value is -2.54. The van der Waals surface area contributed by atoms with E-state index in [-0.39, 0.29) is 5.97 Å². The molecular formula is C26H32Cl2N4O2. The van der Waals surface area contributed by atoms with Gasteiger partial charge in [0.15, 0.2) is 0 Å². The van der Waals surface area contributed by atoms with Gasteiger partial charge in [0.2, 0.25) is 0 Å². The third-order valence-corrected chi connectivity index (χ3v) is 5.90. The van der Waals surface area contributed by atoms with E-state index in [2.05, 4.69) is 52.2 Å². The minimum absolute atomic E-state index is 0.325. The zero-order valence-electron chi connectivity index (χ0n) is 19.8. The fourth-order valence-corrected chi connectivity index (χ4v) is 4.17. The lowest BCUT2D eigenvalue weighted by molar-refractivity contribution is -0.137. The van der Waals surface area contributed by atoms with Crippen LogP contribution in [0.2, 0.25) is 0 Å². The van der Waals surface area contributed by atoms with Crippen LogP contribution in [0.3, 0.4) is 0 Å². The van der Waals surface area contributed by atoms with Crippen molar-refractivity contribution < 1.29 is 9.53 Å². The van der Waals surface area contributed by atoms with Crippen molar-refractivity contribution >= 4 is 52.0 Å². The first-order valence-electron chi connectivity index (χ1n) is 11.5. The normalized spacial score (nSPS) is 11.4. The van der Waals surface area contributed by atoms with E-state index < -0.39 is 0 Å². The molecule has 1 N–H and O–H groups in total. The lowest BCUT2D eigenvalue weighted by Gasteiger charge is -2.22. The summed E-state index contributed by atoms with van der Waals surface area (Å²) >= 11 is 11.9. The van der Waals surface area contributed by atoms with E-state index in [0.29, 0.717) is 18.4 Å². The maximum Gasteiger partial charge on any atom is 0.330 e. The number of hydrogen-bond acceptors (Lipinski definition) is 5. The highest BCUT2D eigenvalue weighted by Crippen LogP contribution is 2.23. The predicted octanol–water partition coefficient (Wildman–Crippen LogP) is 4.77. The molecule has 0 aliphatic heterocycles. The van der Waals surface area contributed by atoms with E-state index in [1.165, 1.54) is 11.6 Å². The van der Waals surface area contributed by atoms with E-state index in [1.54, 1.807) is 13.0 Å². The van der Waals surface area contributed by atoms with Gasteiger partial charge in [0.25, 0.3) is 0 Å². The number of nitrogens with zero attached hydrogens (tertiary/aromatic N) is 3. The van der Waals surface area contributed by atoms with Gasteiger partial charge >= 0.3 is 5.97 Å². The number of halogens is 2.